The zero-order valence-electron chi connectivity index (χ0n) is 12.7. The van der Waals surface area contributed by atoms with Gasteiger partial charge in [0, 0.05) is 37.1 Å². The van der Waals surface area contributed by atoms with E-state index in [4.69, 9.17) is 4.52 Å². The molecule has 1 saturated heterocycles. The third-order valence-electron chi connectivity index (χ3n) is 3.95. The Bertz CT molecular complexity index is 729. The predicted octanol–water partition coefficient (Wildman–Crippen LogP) is 2.04. The van der Waals surface area contributed by atoms with Gasteiger partial charge in [-0.15, -0.1) is 11.3 Å². The fraction of sp³-hybridized carbons (Fsp3) is 0.500. The second-order valence-corrected chi connectivity index (χ2v) is 8.41. The third kappa shape index (κ3) is 2.83. The van der Waals surface area contributed by atoms with Crippen LogP contribution in [0.15, 0.2) is 27.7 Å². The molecule has 8 heteroatoms. The molecule has 2 aromatic rings. The summed E-state index contributed by atoms with van der Waals surface area (Å²) in [5, 5.41) is 3.67. The van der Waals surface area contributed by atoms with Crippen molar-refractivity contribution in [2.45, 2.75) is 18.7 Å². The van der Waals surface area contributed by atoms with Crippen LogP contribution in [0.25, 0.3) is 10.6 Å². The number of hydrogen-bond acceptors (Lipinski definition) is 6. The van der Waals surface area contributed by atoms with Gasteiger partial charge in [0.05, 0.1) is 16.0 Å². The Labute approximate surface area is 134 Å². The highest BCUT2D eigenvalue weighted by Crippen LogP contribution is 2.34. The summed E-state index contributed by atoms with van der Waals surface area (Å²) in [6, 6.07) is 3.43. The maximum atomic E-state index is 12.9. The highest BCUT2D eigenvalue weighted by molar-refractivity contribution is 7.89. The van der Waals surface area contributed by atoms with Gasteiger partial charge in [0.25, 0.3) is 0 Å². The summed E-state index contributed by atoms with van der Waals surface area (Å²) >= 11 is 1.42. The van der Waals surface area contributed by atoms with Gasteiger partial charge in [0.15, 0.2) is 5.76 Å². The van der Waals surface area contributed by atoms with Crippen molar-refractivity contribution >= 4 is 21.4 Å². The topological polar surface area (TPSA) is 66.7 Å². The molecule has 6 nitrogen and oxygen atoms in total. The number of aromatic nitrogens is 1. The molecule has 0 atom stereocenters. The number of hydrogen-bond donors (Lipinski definition) is 0. The number of aryl methyl sites for hydroxylation is 1. The van der Waals surface area contributed by atoms with Gasteiger partial charge in [0.2, 0.25) is 10.0 Å². The summed E-state index contributed by atoms with van der Waals surface area (Å²) in [4.78, 5) is 4.21. The summed E-state index contributed by atoms with van der Waals surface area (Å²) in [6.07, 6.45) is 1.56. The average molecular weight is 341 g/mol. The monoisotopic (exact) mass is 341 g/mol. The van der Waals surface area contributed by atoms with Gasteiger partial charge in [-0.2, -0.15) is 4.31 Å². The summed E-state index contributed by atoms with van der Waals surface area (Å²) in [6.45, 7) is 7.55. The number of sulfonamides is 1. The fourth-order valence-corrected chi connectivity index (χ4v) is 5.55. The van der Waals surface area contributed by atoms with Crippen LogP contribution in [-0.2, 0) is 10.0 Å². The lowest BCUT2D eigenvalue weighted by Crippen LogP contribution is -2.48. The van der Waals surface area contributed by atoms with Gasteiger partial charge < -0.3 is 9.42 Å². The van der Waals surface area contributed by atoms with Gasteiger partial charge in [0.1, 0.15) is 0 Å². The normalized spacial score (nSPS) is 17.9. The van der Waals surface area contributed by atoms with E-state index in [2.05, 4.69) is 17.0 Å². The Morgan fingerprint density at radius 1 is 1.32 bits per heavy atom. The molecule has 0 aliphatic carbocycles. The molecule has 120 valence electrons. The minimum atomic E-state index is -3.44. The van der Waals surface area contributed by atoms with Gasteiger partial charge in [-0.1, -0.05) is 12.1 Å². The molecule has 0 spiro atoms. The molecule has 0 radical (unpaired) electrons. The van der Waals surface area contributed by atoms with Crippen LogP contribution < -0.4 is 0 Å². The van der Waals surface area contributed by atoms with Gasteiger partial charge in [-0.3, -0.25) is 0 Å². The summed E-state index contributed by atoms with van der Waals surface area (Å²) in [5.41, 5.74) is 0. The summed E-state index contributed by atoms with van der Waals surface area (Å²) in [5.74, 6) is 0.602. The van der Waals surface area contributed by atoms with Crippen molar-refractivity contribution in [3.8, 4) is 10.6 Å². The predicted molar refractivity (Wildman–Crippen MR) is 85.4 cm³/mol. The number of nitrogens with zero attached hydrogens (tertiary/aromatic N) is 3. The van der Waals surface area contributed by atoms with E-state index >= 15 is 0 Å². The molecule has 2 aromatic heterocycles. The molecule has 0 aromatic carbocycles. The number of likely N-dealkylation sites (N-methyl/N-ethyl adjacent to an activating group) is 1. The molecule has 1 aliphatic rings. The Kier molecular flexibility index (Phi) is 4.35. The first-order valence-electron chi connectivity index (χ1n) is 7.26. The SMILES string of the molecule is CCN1CCN(S(=O)(=O)c2cc(-c3ccno3)sc2C)CC1. The van der Waals surface area contributed by atoms with Gasteiger partial charge in [-0.05, 0) is 19.5 Å². The molecule has 3 rings (SSSR count). The van der Waals surface area contributed by atoms with Crippen molar-refractivity contribution in [3.63, 3.8) is 0 Å². The van der Waals surface area contributed by atoms with E-state index in [1.54, 1.807) is 22.6 Å². The Morgan fingerprint density at radius 3 is 2.64 bits per heavy atom. The molecule has 0 unspecified atom stereocenters. The molecule has 3 heterocycles. The maximum absolute atomic E-state index is 12.9. The molecule has 1 aliphatic heterocycles. The molecule has 0 N–H and O–H groups in total. The van der Waals surface area contributed by atoms with Crippen LogP contribution in [0.2, 0.25) is 0 Å². The lowest BCUT2D eigenvalue weighted by molar-refractivity contribution is 0.196. The van der Waals surface area contributed by atoms with E-state index in [-0.39, 0.29) is 0 Å². The molecule has 0 amide bonds. The highest BCUT2D eigenvalue weighted by Gasteiger charge is 2.30. The van der Waals surface area contributed by atoms with Crippen molar-refractivity contribution < 1.29 is 12.9 Å². The molecule has 0 bridgehead atoms. The zero-order valence-corrected chi connectivity index (χ0v) is 14.3. The van der Waals surface area contributed by atoms with E-state index in [9.17, 15) is 8.42 Å². The highest BCUT2D eigenvalue weighted by atomic mass is 32.2. The molecule has 0 saturated carbocycles. The number of rotatable bonds is 4. The lowest BCUT2D eigenvalue weighted by Gasteiger charge is -2.33. The largest absolute Gasteiger partial charge is 0.355 e. The van der Waals surface area contributed by atoms with Gasteiger partial charge >= 0.3 is 0 Å². The van der Waals surface area contributed by atoms with Crippen LogP contribution in [0.1, 0.15) is 11.8 Å². The smallest absolute Gasteiger partial charge is 0.244 e. The van der Waals surface area contributed by atoms with Crippen LogP contribution >= 0.6 is 11.3 Å². The third-order valence-corrected chi connectivity index (χ3v) is 7.17. The Balaban J connectivity index is 1.87. The standard InChI is InChI=1S/C14H19N3O3S2/c1-3-16-6-8-17(9-7-16)22(18,19)14-10-13(21-11(14)2)12-4-5-15-20-12/h4-5,10H,3,6-9H2,1-2H3. The van der Waals surface area contributed by atoms with Gasteiger partial charge in [-0.25, -0.2) is 8.42 Å². The maximum Gasteiger partial charge on any atom is 0.244 e. The van der Waals surface area contributed by atoms with Crippen molar-refractivity contribution in [2.75, 3.05) is 32.7 Å². The van der Waals surface area contributed by atoms with Crippen molar-refractivity contribution in [3.05, 3.63) is 23.2 Å². The van der Waals surface area contributed by atoms with E-state index in [0.29, 0.717) is 23.7 Å². The molecule has 1 fully saturated rings. The first kappa shape index (κ1) is 15.7. The van der Waals surface area contributed by atoms with E-state index in [1.807, 2.05) is 6.92 Å². The summed E-state index contributed by atoms with van der Waals surface area (Å²) < 4.78 is 32.4. The average Bonchev–Trinajstić information content (AvgIpc) is 3.16. The minimum Gasteiger partial charge on any atom is -0.355 e. The van der Waals surface area contributed by atoms with Crippen molar-refractivity contribution in [1.82, 2.24) is 14.4 Å². The van der Waals surface area contributed by atoms with E-state index in [1.165, 1.54) is 11.3 Å². The fourth-order valence-electron chi connectivity index (χ4n) is 2.61. The molecular weight excluding hydrogens is 322 g/mol. The number of piperazine rings is 1. The van der Waals surface area contributed by atoms with Crippen LogP contribution in [0, 0.1) is 6.92 Å². The van der Waals surface area contributed by atoms with Crippen molar-refractivity contribution in [2.24, 2.45) is 0 Å². The van der Waals surface area contributed by atoms with Crippen LogP contribution in [0.4, 0.5) is 0 Å². The second-order valence-electron chi connectivity index (χ2n) is 5.25. The Hall–Kier alpha value is -1.22. The zero-order chi connectivity index (χ0) is 15.7. The van der Waals surface area contributed by atoms with E-state index in [0.717, 1.165) is 29.4 Å². The summed E-state index contributed by atoms with van der Waals surface area (Å²) in [7, 11) is -3.44. The minimum absolute atomic E-state index is 0.383. The van der Waals surface area contributed by atoms with Crippen molar-refractivity contribution in [1.29, 1.82) is 0 Å². The second kappa shape index (κ2) is 6.11. The number of thiophene rings is 1. The Morgan fingerprint density at radius 2 is 2.05 bits per heavy atom. The van der Waals surface area contributed by atoms with Crippen LogP contribution in [0.5, 0.6) is 0 Å². The van der Waals surface area contributed by atoms with Crippen LogP contribution in [-0.4, -0.2) is 55.5 Å². The first-order valence-corrected chi connectivity index (χ1v) is 9.52. The van der Waals surface area contributed by atoms with E-state index < -0.39 is 10.0 Å². The van der Waals surface area contributed by atoms with Crippen LogP contribution in [0.3, 0.4) is 0 Å². The molecular formula is C14H19N3O3S2. The quantitative estimate of drug-likeness (QED) is 0.851. The molecule has 22 heavy (non-hydrogen) atoms. The lowest BCUT2D eigenvalue weighted by atomic mass is 10.3. The first-order chi connectivity index (χ1) is 10.5.